The second-order valence-corrected chi connectivity index (χ2v) is 12.3. The van der Waals surface area contributed by atoms with Crippen molar-refractivity contribution in [2.45, 2.75) is 85.4 Å². The first-order valence-corrected chi connectivity index (χ1v) is 13.5. The van der Waals surface area contributed by atoms with Crippen molar-refractivity contribution in [1.82, 2.24) is 10.6 Å². The lowest BCUT2D eigenvalue weighted by Gasteiger charge is -2.22. The van der Waals surface area contributed by atoms with E-state index in [9.17, 15) is 9.59 Å². The van der Waals surface area contributed by atoms with E-state index >= 15 is 0 Å². The zero-order chi connectivity index (χ0) is 23.8. The summed E-state index contributed by atoms with van der Waals surface area (Å²) in [5.74, 6) is 0.230. The number of anilines is 1. The first kappa shape index (κ1) is 24.2. The third-order valence-electron chi connectivity index (χ3n) is 6.21. The van der Waals surface area contributed by atoms with Crippen molar-refractivity contribution in [2.75, 3.05) is 11.9 Å². The first-order chi connectivity index (χ1) is 15.7. The summed E-state index contributed by atoms with van der Waals surface area (Å²) in [6.45, 7) is 12.4. The fraction of sp³-hybridized carbons (Fsp3) is 0.600. The molecule has 2 amide bonds. The molecule has 3 heterocycles. The minimum absolute atomic E-state index is 0.276. The van der Waals surface area contributed by atoms with Crippen LogP contribution in [0.25, 0.3) is 0 Å². The SMILES string of the molecule is CCc1sc2c(c1CNC(=O)Nc1sc3c(c1C(=O)OC(C)(C)C)CCC(C)C3)CCNC2. The van der Waals surface area contributed by atoms with Crippen molar-refractivity contribution >= 4 is 39.7 Å². The predicted molar refractivity (Wildman–Crippen MR) is 136 cm³/mol. The molecule has 0 spiro atoms. The molecule has 2 aliphatic rings. The van der Waals surface area contributed by atoms with Crippen LogP contribution in [0.15, 0.2) is 0 Å². The first-order valence-electron chi connectivity index (χ1n) is 11.9. The van der Waals surface area contributed by atoms with E-state index in [4.69, 9.17) is 4.74 Å². The van der Waals surface area contributed by atoms with E-state index in [1.165, 1.54) is 37.1 Å². The van der Waals surface area contributed by atoms with E-state index < -0.39 is 5.60 Å². The average molecular weight is 490 g/mol. The number of fused-ring (bicyclic) bond motifs is 2. The van der Waals surface area contributed by atoms with Gasteiger partial charge in [0.15, 0.2) is 0 Å². The lowest BCUT2D eigenvalue weighted by molar-refractivity contribution is 0.00697. The Balaban J connectivity index is 1.52. The molecule has 33 heavy (non-hydrogen) atoms. The fourth-order valence-corrected chi connectivity index (χ4v) is 7.32. The minimum Gasteiger partial charge on any atom is -0.456 e. The number of hydrogen-bond acceptors (Lipinski definition) is 6. The van der Waals surface area contributed by atoms with Gasteiger partial charge in [-0.1, -0.05) is 13.8 Å². The third kappa shape index (κ3) is 5.44. The summed E-state index contributed by atoms with van der Waals surface area (Å²) < 4.78 is 5.70. The highest BCUT2D eigenvalue weighted by molar-refractivity contribution is 7.17. The van der Waals surface area contributed by atoms with Crippen LogP contribution < -0.4 is 16.0 Å². The van der Waals surface area contributed by atoms with Crippen LogP contribution in [0.1, 0.15) is 82.7 Å². The van der Waals surface area contributed by atoms with Gasteiger partial charge in [0.1, 0.15) is 10.6 Å². The van der Waals surface area contributed by atoms with Gasteiger partial charge in [0.25, 0.3) is 0 Å². The Bertz CT molecular complexity index is 1050. The Kier molecular flexibility index (Phi) is 7.17. The van der Waals surface area contributed by atoms with E-state index in [1.54, 1.807) is 0 Å². The molecule has 0 aromatic carbocycles. The smallest absolute Gasteiger partial charge is 0.341 e. The van der Waals surface area contributed by atoms with Crippen LogP contribution >= 0.6 is 22.7 Å². The zero-order valence-electron chi connectivity index (χ0n) is 20.3. The van der Waals surface area contributed by atoms with E-state index in [0.29, 0.717) is 23.0 Å². The number of carbonyl (C=O) groups excluding carboxylic acids is 2. The maximum atomic E-state index is 13.1. The molecule has 8 heteroatoms. The van der Waals surface area contributed by atoms with Crippen LogP contribution in [-0.4, -0.2) is 24.1 Å². The largest absolute Gasteiger partial charge is 0.456 e. The molecule has 0 radical (unpaired) electrons. The molecule has 3 N–H and O–H groups in total. The van der Waals surface area contributed by atoms with Gasteiger partial charge in [-0.3, -0.25) is 5.32 Å². The molecule has 0 saturated heterocycles. The van der Waals surface area contributed by atoms with E-state index in [2.05, 4.69) is 29.8 Å². The number of aryl methyl sites for hydroxylation is 1. The molecule has 180 valence electrons. The number of esters is 1. The van der Waals surface area contributed by atoms with Gasteiger partial charge in [0, 0.05) is 27.7 Å². The summed E-state index contributed by atoms with van der Waals surface area (Å²) in [6, 6.07) is -0.276. The maximum Gasteiger partial charge on any atom is 0.341 e. The Labute approximate surface area is 204 Å². The normalized spacial score (nSPS) is 17.8. The van der Waals surface area contributed by atoms with Crippen LogP contribution in [-0.2, 0) is 43.5 Å². The van der Waals surface area contributed by atoms with E-state index in [0.717, 1.165) is 50.8 Å². The summed E-state index contributed by atoms with van der Waals surface area (Å²) in [4.78, 5) is 29.9. The number of ether oxygens (including phenoxy) is 1. The number of hydrogen-bond donors (Lipinski definition) is 3. The summed E-state index contributed by atoms with van der Waals surface area (Å²) in [6.07, 6.45) is 4.80. The van der Waals surface area contributed by atoms with E-state index in [-0.39, 0.29) is 12.0 Å². The molecule has 0 bridgehead atoms. The van der Waals surface area contributed by atoms with Gasteiger partial charge in [-0.15, -0.1) is 22.7 Å². The van der Waals surface area contributed by atoms with Crippen molar-refractivity contribution in [3.63, 3.8) is 0 Å². The molecule has 1 unspecified atom stereocenters. The highest BCUT2D eigenvalue weighted by atomic mass is 32.1. The van der Waals surface area contributed by atoms with E-state index in [1.807, 2.05) is 32.1 Å². The molecule has 1 aliphatic carbocycles. The van der Waals surface area contributed by atoms with Gasteiger partial charge in [0.05, 0.1) is 5.56 Å². The number of rotatable bonds is 5. The summed E-state index contributed by atoms with van der Waals surface area (Å²) >= 11 is 3.38. The molecule has 0 saturated carbocycles. The molecule has 0 fully saturated rings. The quantitative estimate of drug-likeness (QED) is 0.490. The van der Waals surface area contributed by atoms with Gasteiger partial charge >= 0.3 is 12.0 Å². The molecular formula is C25H35N3O3S2. The van der Waals surface area contributed by atoms with Crippen molar-refractivity contribution in [3.8, 4) is 0 Å². The van der Waals surface area contributed by atoms with Gasteiger partial charge in [0.2, 0.25) is 0 Å². The molecular weight excluding hydrogens is 454 g/mol. The molecule has 6 nitrogen and oxygen atoms in total. The number of amides is 2. The molecule has 1 aliphatic heterocycles. The third-order valence-corrected chi connectivity index (χ3v) is 8.80. The lowest BCUT2D eigenvalue weighted by Crippen LogP contribution is -2.30. The number of nitrogens with one attached hydrogen (secondary N) is 3. The highest BCUT2D eigenvalue weighted by Gasteiger charge is 2.31. The topological polar surface area (TPSA) is 79.5 Å². The van der Waals surface area contributed by atoms with Crippen molar-refractivity contribution in [2.24, 2.45) is 5.92 Å². The van der Waals surface area contributed by atoms with Crippen molar-refractivity contribution < 1.29 is 14.3 Å². The highest BCUT2D eigenvalue weighted by Crippen LogP contribution is 2.40. The maximum absolute atomic E-state index is 13.1. The van der Waals surface area contributed by atoms with Gasteiger partial charge in [-0.05, 0) is 82.0 Å². The van der Waals surface area contributed by atoms with Crippen LogP contribution in [0.2, 0.25) is 0 Å². The monoisotopic (exact) mass is 489 g/mol. The van der Waals surface area contributed by atoms with Crippen molar-refractivity contribution in [1.29, 1.82) is 0 Å². The standard InChI is InChI=1S/C25H35N3O3S2/c1-6-18-17(15-9-10-26-13-20(15)32-18)12-27-24(30)28-22-21(23(29)31-25(3,4)5)16-8-7-14(2)11-19(16)33-22/h14,26H,6-13H2,1-5H3,(H2,27,28,30). The molecule has 2 aromatic rings. The second-order valence-electron chi connectivity index (χ2n) is 10.1. The number of urea groups is 1. The van der Waals surface area contributed by atoms with Gasteiger partial charge < -0.3 is 15.4 Å². The number of carbonyl (C=O) groups is 2. The summed E-state index contributed by atoms with van der Waals surface area (Å²) in [7, 11) is 0. The average Bonchev–Trinajstić information content (AvgIpc) is 3.27. The van der Waals surface area contributed by atoms with Crippen molar-refractivity contribution in [3.05, 3.63) is 36.9 Å². The van der Waals surface area contributed by atoms with Gasteiger partial charge in [-0.2, -0.15) is 0 Å². The Morgan fingerprint density at radius 3 is 2.67 bits per heavy atom. The Hall–Kier alpha value is -1.90. The lowest BCUT2D eigenvalue weighted by atomic mass is 9.88. The summed E-state index contributed by atoms with van der Waals surface area (Å²) in [5.41, 5.74) is 3.67. The molecule has 2 aromatic heterocycles. The molecule has 4 rings (SSSR count). The molecule has 1 atom stereocenters. The van der Waals surface area contributed by atoms with Crippen LogP contribution in [0, 0.1) is 5.92 Å². The fourth-order valence-electron chi connectivity index (χ4n) is 4.65. The Morgan fingerprint density at radius 2 is 1.94 bits per heavy atom. The minimum atomic E-state index is -0.586. The van der Waals surface area contributed by atoms with Crippen LogP contribution in [0.3, 0.4) is 0 Å². The van der Waals surface area contributed by atoms with Crippen LogP contribution in [0.4, 0.5) is 9.80 Å². The van der Waals surface area contributed by atoms with Gasteiger partial charge in [-0.25, -0.2) is 9.59 Å². The van der Waals surface area contributed by atoms with Crippen LogP contribution in [0.5, 0.6) is 0 Å². The second kappa shape index (κ2) is 9.76. The zero-order valence-corrected chi connectivity index (χ0v) is 21.9. The summed E-state index contributed by atoms with van der Waals surface area (Å²) in [5, 5.41) is 10.1. The Morgan fingerprint density at radius 1 is 1.15 bits per heavy atom. The predicted octanol–water partition coefficient (Wildman–Crippen LogP) is 5.42. The number of thiophene rings is 2.